The number of alkyl halides is 3. The molecule has 224 valence electrons. The summed E-state index contributed by atoms with van der Waals surface area (Å²) in [5, 5.41) is 4.34. The van der Waals surface area contributed by atoms with Gasteiger partial charge in [0.1, 0.15) is 30.4 Å². The number of rotatable bonds is 8. The van der Waals surface area contributed by atoms with Gasteiger partial charge in [-0.25, -0.2) is 9.78 Å². The summed E-state index contributed by atoms with van der Waals surface area (Å²) in [4.78, 5) is 17.4. The summed E-state index contributed by atoms with van der Waals surface area (Å²) in [6, 6.07) is 14.5. The van der Waals surface area contributed by atoms with Crippen LogP contribution in [-0.4, -0.2) is 73.5 Å². The predicted octanol–water partition coefficient (Wildman–Crippen LogP) is 5.81. The lowest BCUT2D eigenvalue weighted by atomic mass is 9.99. The lowest BCUT2D eigenvalue weighted by molar-refractivity contribution is -0.292. The lowest BCUT2D eigenvalue weighted by Crippen LogP contribution is -2.60. The molecular weight excluding hydrogens is 559 g/mol. The van der Waals surface area contributed by atoms with Crippen molar-refractivity contribution in [3.63, 3.8) is 0 Å². The van der Waals surface area contributed by atoms with Crippen molar-refractivity contribution in [1.82, 2.24) is 9.55 Å². The molecule has 1 aromatic heterocycles. The normalized spacial score (nSPS) is 22.8. The van der Waals surface area contributed by atoms with Gasteiger partial charge in [-0.1, -0.05) is 12.1 Å². The largest absolute Gasteiger partial charge is 0.573 e. The first kappa shape index (κ1) is 29.6. The van der Waals surface area contributed by atoms with Crippen molar-refractivity contribution in [2.45, 2.75) is 50.9 Å². The zero-order valence-electron chi connectivity index (χ0n) is 23.3. The molecule has 0 aliphatic carbocycles. The van der Waals surface area contributed by atoms with Gasteiger partial charge in [-0.2, -0.15) is 0 Å². The summed E-state index contributed by atoms with van der Waals surface area (Å²) in [5.74, 6) is -0.310. The summed E-state index contributed by atoms with van der Waals surface area (Å²) in [5.41, 5.74) is 2.53. The van der Waals surface area contributed by atoms with Gasteiger partial charge in [-0.05, 0) is 61.7 Å². The number of imidazole rings is 1. The second kappa shape index (κ2) is 12.1. The third-order valence-corrected chi connectivity index (χ3v) is 6.98. The van der Waals surface area contributed by atoms with Crippen molar-refractivity contribution < 1.29 is 46.4 Å². The predicted molar refractivity (Wildman–Crippen MR) is 147 cm³/mol. The van der Waals surface area contributed by atoms with Gasteiger partial charge in [0, 0.05) is 37.6 Å². The van der Waals surface area contributed by atoms with E-state index in [2.05, 4.69) is 15.0 Å². The van der Waals surface area contributed by atoms with E-state index in [1.54, 1.807) is 30.1 Å². The van der Waals surface area contributed by atoms with Crippen LogP contribution in [0.5, 0.6) is 5.75 Å². The number of methoxy groups -OCH3 is 2. The maximum absolute atomic E-state index is 12.8. The van der Waals surface area contributed by atoms with E-state index in [0.29, 0.717) is 23.5 Å². The number of amides is 1. The average molecular weight is 590 g/mol. The number of ether oxygens (including phenoxy) is 6. The van der Waals surface area contributed by atoms with Crippen LogP contribution < -0.4 is 10.1 Å². The van der Waals surface area contributed by atoms with Gasteiger partial charge in [0.15, 0.2) is 0 Å². The number of halogens is 3. The number of fused-ring (bicyclic) bond motifs is 3. The number of anilines is 1. The second-order valence-corrected chi connectivity index (χ2v) is 9.59. The van der Waals surface area contributed by atoms with E-state index >= 15 is 0 Å². The Labute approximate surface area is 239 Å². The van der Waals surface area contributed by atoms with Crippen LogP contribution in [0.15, 0.2) is 60.9 Å². The first-order chi connectivity index (χ1) is 20.1. The van der Waals surface area contributed by atoms with Gasteiger partial charge >= 0.3 is 12.5 Å². The van der Waals surface area contributed by atoms with Crippen molar-refractivity contribution in [2.24, 2.45) is 0 Å². The minimum absolute atomic E-state index is 0.310. The maximum Gasteiger partial charge on any atom is 0.573 e. The SMILES string of the molecule is CCO[C@@H]1[C@@H](OC)[C@H](C)O[C@H](OC(=O)Nc2ccc3c(ccc4c3ncn4-c3ccc(OC(F)(F)F)cc3)c2)[C@@H]1OC. The average Bonchev–Trinajstić information content (AvgIpc) is 3.37. The Morgan fingerprint density at radius 2 is 1.76 bits per heavy atom. The summed E-state index contributed by atoms with van der Waals surface area (Å²) >= 11 is 0. The molecule has 42 heavy (non-hydrogen) atoms. The van der Waals surface area contributed by atoms with Gasteiger partial charge in [0.05, 0.1) is 17.1 Å². The Balaban J connectivity index is 1.32. The topological polar surface area (TPSA) is 102 Å². The van der Waals surface area contributed by atoms with Gasteiger partial charge in [0.2, 0.25) is 6.29 Å². The van der Waals surface area contributed by atoms with Gasteiger partial charge in [0.25, 0.3) is 0 Å². The number of carbonyl (C=O) groups is 1. The number of carbonyl (C=O) groups excluding carboxylic acids is 1. The Kier molecular flexibility index (Phi) is 8.55. The summed E-state index contributed by atoms with van der Waals surface area (Å²) in [6.45, 7) is 4.08. The molecule has 1 aliphatic heterocycles. The third-order valence-electron chi connectivity index (χ3n) is 6.98. The zero-order valence-corrected chi connectivity index (χ0v) is 23.3. The van der Waals surface area contributed by atoms with Crippen molar-refractivity contribution in [1.29, 1.82) is 0 Å². The Morgan fingerprint density at radius 3 is 2.43 bits per heavy atom. The van der Waals surface area contributed by atoms with Crippen LogP contribution >= 0.6 is 0 Å². The number of hydrogen-bond acceptors (Lipinski definition) is 8. The number of nitrogens with zero attached hydrogens (tertiary/aromatic N) is 2. The van der Waals surface area contributed by atoms with E-state index in [0.717, 1.165) is 16.3 Å². The lowest BCUT2D eigenvalue weighted by Gasteiger charge is -2.43. The number of nitrogens with one attached hydrogen (secondary N) is 1. The van der Waals surface area contributed by atoms with Crippen molar-refractivity contribution >= 4 is 33.6 Å². The maximum atomic E-state index is 12.8. The molecule has 10 nitrogen and oxygen atoms in total. The number of hydrogen-bond donors (Lipinski definition) is 1. The highest BCUT2D eigenvalue weighted by atomic mass is 19.4. The first-order valence-corrected chi connectivity index (χ1v) is 13.2. The van der Waals surface area contributed by atoms with Crippen LogP contribution in [0.1, 0.15) is 13.8 Å². The molecule has 1 aliphatic rings. The summed E-state index contributed by atoms with van der Waals surface area (Å²) in [7, 11) is 3.04. The van der Waals surface area contributed by atoms with Crippen molar-refractivity contribution in [3.05, 3.63) is 60.9 Å². The highest BCUT2D eigenvalue weighted by molar-refractivity contribution is 6.06. The molecule has 5 atom stereocenters. The minimum atomic E-state index is -4.76. The summed E-state index contributed by atoms with van der Waals surface area (Å²) < 4.78 is 71.6. The van der Waals surface area contributed by atoms with Crippen LogP contribution in [-0.2, 0) is 23.7 Å². The third kappa shape index (κ3) is 6.14. The van der Waals surface area contributed by atoms with Gasteiger partial charge in [-0.3, -0.25) is 9.88 Å². The van der Waals surface area contributed by atoms with Crippen molar-refractivity contribution in [3.8, 4) is 11.4 Å². The Morgan fingerprint density at radius 1 is 1.02 bits per heavy atom. The fraction of sp³-hybridized carbons (Fsp3) is 0.379. The highest BCUT2D eigenvalue weighted by Crippen LogP contribution is 2.31. The second-order valence-electron chi connectivity index (χ2n) is 9.59. The zero-order chi connectivity index (χ0) is 30.0. The van der Waals surface area contributed by atoms with Crippen LogP contribution in [0.25, 0.3) is 27.5 Å². The van der Waals surface area contributed by atoms with E-state index in [1.165, 1.54) is 31.4 Å². The van der Waals surface area contributed by atoms with Crippen LogP contribution in [0.4, 0.5) is 23.7 Å². The highest BCUT2D eigenvalue weighted by Gasteiger charge is 2.47. The first-order valence-electron chi connectivity index (χ1n) is 13.2. The monoisotopic (exact) mass is 589 g/mol. The fourth-order valence-corrected chi connectivity index (χ4v) is 5.18. The number of aromatic nitrogens is 2. The van der Waals surface area contributed by atoms with E-state index in [-0.39, 0.29) is 5.75 Å². The molecule has 0 saturated carbocycles. The van der Waals surface area contributed by atoms with Crippen LogP contribution in [0.3, 0.4) is 0 Å². The molecule has 1 amide bonds. The minimum Gasteiger partial charge on any atom is -0.416 e. The Hall–Kier alpha value is -3.91. The Bertz CT molecular complexity index is 1540. The van der Waals surface area contributed by atoms with Gasteiger partial charge < -0.3 is 28.4 Å². The molecule has 3 aromatic carbocycles. The molecule has 13 heteroatoms. The molecule has 0 bridgehead atoms. The van der Waals surface area contributed by atoms with Gasteiger partial charge in [-0.15, -0.1) is 13.2 Å². The molecule has 0 spiro atoms. The van der Waals surface area contributed by atoms with E-state index in [4.69, 9.17) is 23.7 Å². The van der Waals surface area contributed by atoms with E-state index in [1.807, 2.05) is 32.0 Å². The van der Waals surface area contributed by atoms with Crippen LogP contribution in [0.2, 0.25) is 0 Å². The molecular formula is C29H30F3N3O7. The van der Waals surface area contributed by atoms with E-state index < -0.39 is 43.2 Å². The summed E-state index contributed by atoms with van der Waals surface area (Å²) in [6.07, 6.45) is -6.94. The molecule has 5 rings (SSSR count). The molecule has 1 fully saturated rings. The molecule has 2 heterocycles. The quantitative estimate of drug-likeness (QED) is 0.275. The molecule has 0 radical (unpaired) electrons. The fourth-order valence-electron chi connectivity index (χ4n) is 5.18. The number of benzene rings is 3. The molecule has 1 N–H and O–H groups in total. The molecule has 1 saturated heterocycles. The van der Waals surface area contributed by atoms with Crippen LogP contribution in [0, 0.1) is 0 Å². The standard InChI is InChI=1S/C29H30F3N3O7/c1-5-39-25-24(37-3)16(2)40-27(26(25)38-4)41-28(36)34-18-7-12-21-17(14-18)6-13-22-23(21)33-15-35(22)19-8-10-20(11-9-19)42-29(30,31)32/h6-16,24-27H,5H2,1-4H3,(H,34,36)/t16-,24-,25+,26+,27+/m0/s1. The smallest absolute Gasteiger partial charge is 0.416 e. The van der Waals surface area contributed by atoms with E-state index in [9.17, 15) is 18.0 Å². The molecule has 4 aromatic rings. The molecule has 0 unspecified atom stereocenters. The van der Waals surface area contributed by atoms with Crippen molar-refractivity contribution in [2.75, 3.05) is 26.1 Å².